The predicted molar refractivity (Wildman–Crippen MR) is 292 cm³/mol. The molecule has 0 bridgehead atoms. The summed E-state index contributed by atoms with van der Waals surface area (Å²) >= 11 is 0. The highest BCUT2D eigenvalue weighted by molar-refractivity contribution is 5.77. The number of aliphatic hydroxyl groups is 2. The van der Waals surface area contributed by atoms with Crippen LogP contribution < -0.4 is 5.32 Å². The van der Waals surface area contributed by atoms with E-state index < -0.39 is 18.2 Å². The minimum Gasteiger partial charge on any atom is -0.462 e. The summed E-state index contributed by atoms with van der Waals surface area (Å²) in [6.07, 6.45) is 63.2. The maximum absolute atomic E-state index is 13.3. The molecule has 0 aromatic heterocycles. The van der Waals surface area contributed by atoms with Crippen LogP contribution in [0, 0.1) is 0 Å². The number of unbranched alkanes of at least 4 members (excludes halogenated alkanes) is 45. The van der Waals surface area contributed by atoms with E-state index in [1.807, 2.05) is 0 Å². The summed E-state index contributed by atoms with van der Waals surface area (Å²) in [6, 6.07) is -0.694. The first-order valence-corrected chi connectivity index (χ1v) is 30.8. The molecule has 0 spiro atoms. The highest BCUT2D eigenvalue weighted by Gasteiger charge is 2.24. The van der Waals surface area contributed by atoms with Crippen LogP contribution in [-0.4, -0.2) is 46.9 Å². The molecule has 0 aliphatic rings. The van der Waals surface area contributed by atoms with Crippen LogP contribution in [0.2, 0.25) is 0 Å². The molecule has 0 heterocycles. The molecule has 1 amide bonds. The van der Waals surface area contributed by atoms with Crippen molar-refractivity contribution < 1.29 is 24.5 Å². The Labute approximate surface area is 419 Å². The van der Waals surface area contributed by atoms with Gasteiger partial charge in [-0.1, -0.05) is 316 Å². The Morgan fingerprint density at radius 2 is 0.627 bits per heavy atom. The average Bonchev–Trinajstić information content (AvgIpc) is 3.32. The van der Waals surface area contributed by atoms with Gasteiger partial charge in [-0.3, -0.25) is 9.59 Å². The van der Waals surface area contributed by atoms with Gasteiger partial charge in [-0.15, -0.1) is 0 Å². The van der Waals surface area contributed by atoms with Crippen molar-refractivity contribution in [3.63, 3.8) is 0 Å². The molecule has 400 valence electrons. The third kappa shape index (κ3) is 51.0. The van der Waals surface area contributed by atoms with E-state index in [1.165, 1.54) is 270 Å². The molecule has 67 heavy (non-hydrogen) atoms. The van der Waals surface area contributed by atoms with Crippen LogP contribution in [-0.2, 0) is 14.3 Å². The number of esters is 1. The number of carbonyl (C=O) groups is 2. The number of amides is 1. The number of rotatable bonds is 57. The number of carbonyl (C=O) groups excluding carboxylic acids is 2. The normalized spacial score (nSPS) is 13.0. The Balaban J connectivity index is 4.47. The molecule has 0 saturated carbocycles. The van der Waals surface area contributed by atoms with Gasteiger partial charge in [0.2, 0.25) is 5.91 Å². The quantitative estimate of drug-likeness (QED) is 0.0417. The summed E-state index contributed by atoms with van der Waals surface area (Å²) in [7, 11) is 0. The van der Waals surface area contributed by atoms with Crippen molar-refractivity contribution in [3.05, 3.63) is 0 Å². The first kappa shape index (κ1) is 65.9. The van der Waals surface area contributed by atoms with Gasteiger partial charge in [-0.05, 0) is 25.7 Å². The largest absolute Gasteiger partial charge is 0.462 e. The molecule has 0 aromatic carbocycles. The van der Waals surface area contributed by atoms with Crippen LogP contribution in [0.15, 0.2) is 0 Å². The lowest BCUT2D eigenvalue weighted by Crippen LogP contribution is -2.46. The minimum absolute atomic E-state index is 0.0890. The summed E-state index contributed by atoms with van der Waals surface area (Å²) < 4.78 is 5.99. The summed E-state index contributed by atoms with van der Waals surface area (Å²) in [6.45, 7) is 6.55. The van der Waals surface area contributed by atoms with Gasteiger partial charge in [0, 0.05) is 6.42 Å². The zero-order chi connectivity index (χ0) is 48.8. The van der Waals surface area contributed by atoms with Crippen molar-refractivity contribution in [1.82, 2.24) is 5.32 Å². The van der Waals surface area contributed by atoms with Gasteiger partial charge in [0.1, 0.15) is 6.10 Å². The second-order valence-electron chi connectivity index (χ2n) is 21.5. The van der Waals surface area contributed by atoms with Crippen molar-refractivity contribution in [1.29, 1.82) is 0 Å². The van der Waals surface area contributed by atoms with Crippen molar-refractivity contribution in [2.24, 2.45) is 0 Å². The lowest BCUT2D eigenvalue weighted by atomic mass is 10.0. The van der Waals surface area contributed by atoms with Crippen LogP contribution in [0.3, 0.4) is 0 Å². The maximum atomic E-state index is 13.3. The summed E-state index contributed by atoms with van der Waals surface area (Å²) in [5.41, 5.74) is 0. The van der Waals surface area contributed by atoms with E-state index in [0.717, 1.165) is 38.5 Å². The van der Waals surface area contributed by atoms with Crippen LogP contribution in [0.5, 0.6) is 0 Å². The van der Waals surface area contributed by atoms with Gasteiger partial charge < -0.3 is 20.3 Å². The number of hydrogen-bond donors (Lipinski definition) is 3. The Morgan fingerprint density at radius 3 is 0.910 bits per heavy atom. The first-order valence-electron chi connectivity index (χ1n) is 30.8. The van der Waals surface area contributed by atoms with Gasteiger partial charge in [-0.2, -0.15) is 0 Å². The molecule has 3 N–H and O–H groups in total. The van der Waals surface area contributed by atoms with E-state index in [1.54, 1.807) is 0 Å². The Bertz CT molecular complexity index is 975. The van der Waals surface area contributed by atoms with Crippen molar-refractivity contribution in [3.8, 4) is 0 Å². The van der Waals surface area contributed by atoms with Gasteiger partial charge in [0.15, 0.2) is 0 Å². The molecule has 0 saturated heterocycles. The SMILES string of the molecule is CCCCCCCCCCCCCCCCCCCC(=O)OC(CCCCCCCCCCCCCCCCCC)CC(=O)NC(CO)C(O)CCCCCCCCCCCCCCCCC. The Hall–Kier alpha value is -1.14. The predicted octanol–water partition coefficient (Wildman–Crippen LogP) is 19.1. The van der Waals surface area contributed by atoms with Gasteiger partial charge >= 0.3 is 5.97 Å². The fraction of sp³-hybridized carbons (Fsp3) is 0.967. The summed E-state index contributed by atoms with van der Waals surface area (Å²) in [4.78, 5) is 26.3. The molecule has 3 atom stereocenters. The zero-order valence-corrected chi connectivity index (χ0v) is 45.8. The smallest absolute Gasteiger partial charge is 0.306 e. The topological polar surface area (TPSA) is 95.9 Å². The van der Waals surface area contributed by atoms with Gasteiger partial charge in [0.05, 0.1) is 25.2 Å². The molecule has 6 nitrogen and oxygen atoms in total. The van der Waals surface area contributed by atoms with Crippen molar-refractivity contribution in [2.45, 2.75) is 373 Å². The highest BCUT2D eigenvalue weighted by Crippen LogP contribution is 2.20. The molecule has 0 aliphatic heterocycles. The fourth-order valence-electron chi connectivity index (χ4n) is 10.0. The third-order valence-corrected chi connectivity index (χ3v) is 14.7. The third-order valence-electron chi connectivity index (χ3n) is 14.7. The lowest BCUT2D eigenvalue weighted by Gasteiger charge is -2.24. The van der Waals surface area contributed by atoms with Gasteiger partial charge in [0.25, 0.3) is 0 Å². The number of hydrogen-bond acceptors (Lipinski definition) is 5. The van der Waals surface area contributed by atoms with E-state index in [-0.39, 0.29) is 24.9 Å². The van der Waals surface area contributed by atoms with Crippen molar-refractivity contribution in [2.75, 3.05) is 6.61 Å². The summed E-state index contributed by atoms with van der Waals surface area (Å²) in [5.74, 6) is -0.441. The van der Waals surface area contributed by atoms with Crippen molar-refractivity contribution >= 4 is 11.9 Å². The molecule has 0 radical (unpaired) electrons. The molecule has 6 heteroatoms. The second kappa shape index (κ2) is 55.8. The maximum Gasteiger partial charge on any atom is 0.306 e. The number of aliphatic hydroxyl groups excluding tert-OH is 2. The fourth-order valence-corrected chi connectivity index (χ4v) is 10.0. The molecule has 0 aromatic rings. The molecule has 3 unspecified atom stereocenters. The highest BCUT2D eigenvalue weighted by atomic mass is 16.5. The van der Waals surface area contributed by atoms with E-state index in [2.05, 4.69) is 26.1 Å². The van der Waals surface area contributed by atoms with Crippen LogP contribution in [0.4, 0.5) is 0 Å². The minimum atomic E-state index is -0.781. The lowest BCUT2D eigenvalue weighted by molar-refractivity contribution is -0.151. The molecule has 0 fully saturated rings. The van der Waals surface area contributed by atoms with Gasteiger partial charge in [-0.25, -0.2) is 0 Å². The molecular weight excluding hydrogens is 827 g/mol. The molecular formula is C61H121NO5. The van der Waals surface area contributed by atoms with Crippen LogP contribution in [0.25, 0.3) is 0 Å². The van der Waals surface area contributed by atoms with Crippen LogP contribution in [0.1, 0.15) is 355 Å². The zero-order valence-electron chi connectivity index (χ0n) is 45.8. The summed E-state index contributed by atoms with van der Waals surface area (Å²) in [5, 5.41) is 23.9. The average molecular weight is 949 g/mol. The van der Waals surface area contributed by atoms with E-state index in [0.29, 0.717) is 19.3 Å². The van der Waals surface area contributed by atoms with E-state index >= 15 is 0 Å². The molecule has 0 aliphatic carbocycles. The number of nitrogens with one attached hydrogen (secondary N) is 1. The van der Waals surface area contributed by atoms with E-state index in [4.69, 9.17) is 4.74 Å². The van der Waals surface area contributed by atoms with Crippen LogP contribution >= 0.6 is 0 Å². The Morgan fingerprint density at radius 1 is 0.373 bits per heavy atom. The standard InChI is InChI=1S/C61H121NO5/c1-4-7-10-13-16-19-22-25-28-30-33-36-39-42-45-48-51-54-61(66)67-57(52-49-46-43-40-37-34-32-29-26-23-20-17-14-11-8-5-2)55-60(65)62-58(56-63)59(64)53-50-47-44-41-38-35-31-27-24-21-18-15-12-9-6-3/h57-59,63-64H,4-56H2,1-3H3,(H,62,65). The Kier molecular flexibility index (Phi) is 54.8. The number of ether oxygens (including phenoxy) is 1. The second-order valence-corrected chi connectivity index (χ2v) is 21.5. The monoisotopic (exact) mass is 948 g/mol. The van der Waals surface area contributed by atoms with E-state index in [9.17, 15) is 19.8 Å². The molecule has 0 rings (SSSR count). The first-order chi connectivity index (χ1) is 33.0.